The van der Waals surface area contributed by atoms with E-state index >= 15 is 0 Å². The van der Waals surface area contributed by atoms with E-state index in [1.165, 1.54) is 6.07 Å². The second-order valence-corrected chi connectivity index (χ2v) is 15.2. The molecule has 0 radical (unpaired) electrons. The van der Waals surface area contributed by atoms with Crippen molar-refractivity contribution in [2.45, 2.75) is 72.8 Å². The number of rotatable bonds is 15. The molecular weight excluding hydrogens is 881 g/mol. The van der Waals surface area contributed by atoms with Crippen LogP contribution in [0.25, 0.3) is 16.9 Å². The molecule has 9 nitrogen and oxygen atoms in total. The third-order valence-corrected chi connectivity index (χ3v) is 9.86. The van der Waals surface area contributed by atoms with Gasteiger partial charge in [-0.1, -0.05) is 116 Å². The molecule has 7 rings (SSSR count). The highest BCUT2D eigenvalue weighted by Gasteiger charge is 2.29. The molecule has 2 heterocycles. The molecule has 1 amide bonds. The number of benzene rings is 5. The smallest absolute Gasteiger partial charge is 0.407 e. The Bertz CT molecular complexity index is 2660. The summed E-state index contributed by atoms with van der Waals surface area (Å²) in [5.74, 6) is -14.1. The van der Waals surface area contributed by atoms with Crippen molar-refractivity contribution in [3.63, 3.8) is 0 Å². The Balaban J connectivity index is 0.000000262. The van der Waals surface area contributed by atoms with Crippen LogP contribution in [0.2, 0.25) is 5.02 Å². The molecule has 0 unspecified atom stereocenters. The molecule has 0 saturated carbocycles. The van der Waals surface area contributed by atoms with Crippen LogP contribution in [0.3, 0.4) is 0 Å². The molecule has 2 aromatic heterocycles. The van der Waals surface area contributed by atoms with Crippen LogP contribution in [0.4, 0.5) is 26.7 Å². The third kappa shape index (κ3) is 13.9. The Hall–Kier alpha value is -6.77. The molecule has 0 fully saturated rings. The zero-order valence-electron chi connectivity index (χ0n) is 36.9. The van der Waals surface area contributed by atoms with Gasteiger partial charge in [-0.3, -0.25) is 0 Å². The third-order valence-electron chi connectivity index (χ3n) is 9.56. The van der Waals surface area contributed by atoms with Crippen molar-refractivity contribution in [3.8, 4) is 22.8 Å². The van der Waals surface area contributed by atoms with Gasteiger partial charge in [-0.15, -0.1) is 0 Å². The molecule has 5 aromatic carbocycles. The molecule has 15 heteroatoms. The number of aryl methyl sites for hydroxylation is 1. The number of carbonyl (C=O) groups is 2. The molecule has 7 aromatic rings. The van der Waals surface area contributed by atoms with Gasteiger partial charge in [-0.25, -0.2) is 27.7 Å². The van der Waals surface area contributed by atoms with E-state index in [4.69, 9.17) is 30.8 Å². The second kappa shape index (κ2) is 24.5. The van der Waals surface area contributed by atoms with Gasteiger partial charge in [0.15, 0.2) is 0 Å². The fourth-order valence-corrected chi connectivity index (χ4v) is 6.56. The van der Waals surface area contributed by atoms with Gasteiger partial charge in [0.1, 0.15) is 18.0 Å². The second-order valence-electron chi connectivity index (χ2n) is 14.8. The van der Waals surface area contributed by atoms with E-state index < -0.39 is 46.9 Å². The van der Waals surface area contributed by atoms with Crippen molar-refractivity contribution in [1.29, 1.82) is 0 Å². The summed E-state index contributed by atoms with van der Waals surface area (Å²) in [6.07, 6.45) is 4.77. The summed E-state index contributed by atoms with van der Waals surface area (Å²) in [5.41, 5.74) is 7.02. The van der Waals surface area contributed by atoms with Crippen LogP contribution in [-0.2, 0) is 29.1 Å². The molecule has 0 aliphatic carbocycles. The summed E-state index contributed by atoms with van der Waals surface area (Å²) in [5, 5.41) is 3.05. The van der Waals surface area contributed by atoms with E-state index in [1.54, 1.807) is 13.8 Å². The van der Waals surface area contributed by atoms with E-state index in [1.807, 2.05) is 86.8 Å². The zero-order valence-corrected chi connectivity index (χ0v) is 37.7. The summed E-state index contributed by atoms with van der Waals surface area (Å²) in [6.45, 7) is 10.8. The Kier molecular flexibility index (Phi) is 18.6. The van der Waals surface area contributed by atoms with Crippen molar-refractivity contribution in [2.24, 2.45) is 0 Å². The van der Waals surface area contributed by atoms with Crippen LogP contribution in [-0.4, -0.2) is 40.2 Å². The van der Waals surface area contributed by atoms with Crippen LogP contribution >= 0.6 is 11.6 Å². The Morgan fingerprint density at radius 3 is 1.94 bits per heavy atom. The highest BCUT2D eigenvalue weighted by atomic mass is 35.5. The summed E-state index contributed by atoms with van der Waals surface area (Å²) < 4.78 is 89.3. The Morgan fingerprint density at radius 2 is 1.35 bits per heavy atom. The van der Waals surface area contributed by atoms with Gasteiger partial charge in [-0.05, 0) is 80.1 Å². The van der Waals surface area contributed by atoms with Crippen LogP contribution in [0.15, 0.2) is 128 Å². The fourth-order valence-electron chi connectivity index (χ4n) is 6.34. The lowest BCUT2D eigenvalue weighted by molar-refractivity contribution is 0.0715. The number of hydrogen-bond acceptors (Lipinski definition) is 7. The SMILES string of the molecule is CC.CC(C)Oc1ccc(C(=O)Oc2c(F)c(F)c(F)c(F)c2F)cc1Cl.Cc1cccn2cc(-c3ccc(C[C@@H](CCOCc4ccccc4)NC(=O)OCc4ccccc4)cc3)nc12. The quantitative estimate of drug-likeness (QED) is 0.0273. The van der Waals surface area contributed by atoms with Gasteiger partial charge in [-0.2, -0.15) is 8.78 Å². The number of alkyl carbamates (subject to hydrolysis) is 1. The first-order valence-corrected chi connectivity index (χ1v) is 21.5. The van der Waals surface area contributed by atoms with Crippen LogP contribution < -0.4 is 14.8 Å². The first-order chi connectivity index (χ1) is 31.8. The number of esters is 1. The summed E-state index contributed by atoms with van der Waals surface area (Å²) >= 11 is 5.90. The van der Waals surface area contributed by atoms with Crippen molar-refractivity contribution in [2.75, 3.05) is 6.61 Å². The predicted molar refractivity (Wildman–Crippen MR) is 243 cm³/mol. The molecule has 0 bridgehead atoms. The van der Waals surface area contributed by atoms with Gasteiger partial charge < -0.3 is 28.7 Å². The van der Waals surface area contributed by atoms with Crippen molar-refractivity contribution >= 4 is 29.3 Å². The average Bonchev–Trinajstić information content (AvgIpc) is 3.78. The minimum Gasteiger partial charge on any atom is -0.489 e. The number of amides is 1. The Labute approximate surface area is 385 Å². The molecule has 1 N–H and O–H groups in total. The maximum Gasteiger partial charge on any atom is 0.407 e. The standard InChI is InChI=1S/C33H33N3O3.C16H10ClF5O3.C2H6/c1-25-9-8-19-36-22-31(35-32(25)36)29-16-14-26(15-17-29)21-30(18-20-38-23-27-10-4-2-5-11-27)34-33(37)39-24-28-12-6-3-7-13-28;1-6(2)24-9-4-3-7(5-8(9)17)16(23)25-15-13(21)11(19)10(18)12(20)14(15)22;1-2/h2-17,19,22,30H,18,20-21,23-24H2,1H3,(H,34,37);3-6H,1-2H3;1-2H3/t30-;;/m1../s1. The van der Waals surface area contributed by atoms with E-state index in [-0.39, 0.29) is 35.1 Å². The lowest BCUT2D eigenvalue weighted by Crippen LogP contribution is -2.37. The van der Waals surface area contributed by atoms with Crippen molar-refractivity contribution in [3.05, 3.63) is 190 Å². The highest BCUT2D eigenvalue weighted by Crippen LogP contribution is 2.31. The van der Waals surface area contributed by atoms with E-state index in [2.05, 4.69) is 57.9 Å². The molecule has 346 valence electrons. The normalized spacial score (nSPS) is 11.2. The molecule has 0 saturated heterocycles. The molecule has 0 aliphatic heterocycles. The van der Waals surface area contributed by atoms with Gasteiger partial charge in [0.05, 0.1) is 29.0 Å². The first-order valence-electron chi connectivity index (χ1n) is 21.1. The molecule has 0 aliphatic rings. The minimum atomic E-state index is -2.35. The lowest BCUT2D eigenvalue weighted by atomic mass is 10.0. The number of pyridine rings is 1. The van der Waals surface area contributed by atoms with Gasteiger partial charge in [0.25, 0.3) is 0 Å². The number of imidazole rings is 1. The number of nitrogens with one attached hydrogen (secondary N) is 1. The summed E-state index contributed by atoms with van der Waals surface area (Å²) in [7, 11) is 0. The molecule has 66 heavy (non-hydrogen) atoms. The minimum absolute atomic E-state index is 0.000520. The van der Waals surface area contributed by atoms with Crippen molar-refractivity contribution < 1.29 is 50.5 Å². The van der Waals surface area contributed by atoms with Crippen molar-refractivity contribution in [1.82, 2.24) is 14.7 Å². The molecular formula is C51H49ClF5N3O6. The average molecular weight is 930 g/mol. The van der Waals surface area contributed by atoms with Crippen LogP contribution in [0, 0.1) is 36.0 Å². The number of fused-ring (bicyclic) bond motifs is 1. The number of halogens is 6. The van der Waals surface area contributed by atoms with Gasteiger partial charge >= 0.3 is 12.1 Å². The number of carbonyl (C=O) groups excluding carboxylic acids is 2. The van der Waals surface area contributed by atoms with Crippen LogP contribution in [0.5, 0.6) is 11.5 Å². The number of hydrogen-bond donors (Lipinski definition) is 1. The van der Waals surface area contributed by atoms with Crippen LogP contribution in [0.1, 0.15) is 66.7 Å². The van der Waals surface area contributed by atoms with Gasteiger partial charge in [0.2, 0.25) is 34.8 Å². The lowest BCUT2D eigenvalue weighted by Gasteiger charge is -2.19. The predicted octanol–water partition coefficient (Wildman–Crippen LogP) is 12.8. The van der Waals surface area contributed by atoms with E-state index in [9.17, 15) is 31.5 Å². The monoisotopic (exact) mass is 929 g/mol. The van der Waals surface area contributed by atoms with E-state index in [0.717, 1.165) is 51.3 Å². The maximum absolute atomic E-state index is 13.5. The largest absolute Gasteiger partial charge is 0.489 e. The molecule has 1 atom stereocenters. The first kappa shape index (κ1) is 50.2. The summed E-state index contributed by atoms with van der Waals surface area (Å²) in [4.78, 5) is 29.4. The molecule has 0 spiro atoms. The topological polar surface area (TPSA) is 100 Å². The number of ether oxygens (including phenoxy) is 4. The van der Waals surface area contributed by atoms with E-state index in [0.29, 0.717) is 26.1 Å². The fraction of sp³-hybridized carbons (Fsp3) is 0.235. The summed E-state index contributed by atoms with van der Waals surface area (Å²) in [6, 6.07) is 35.6. The Morgan fingerprint density at radius 1 is 0.742 bits per heavy atom. The highest BCUT2D eigenvalue weighted by molar-refractivity contribution is 6.32. The number of nitrogens with zero attached hydrogens (tertiary/aromatic N) is 2. The number of aromatic nitrogens is 2. The zero-order chi connectivity index (χ0) is 47.8. The van der Waals surface area contributed by atoms with Gasteiger partial charge in [0, 0.05) is 30.6 Å². The maximum atomic E-state index is 13.5.